The third kappa shape index (κ3) is 3.73. The van der Waals surface area contributed by atoms with Crippen molar-refractivity contribution in [3.63, 3.8) is 0 Å². The van der Waals surface area contributed by atoms with E-state index in [1.807, 2.05) is 0 Å². The van der Waals surface area contributed by atoms with Gasteiger partial charge < -0.3 is 4.74 Å². The van der Waals surface area contributed by atoms with Crippen molar-refractivity contribution in [2.75, 3.05) is 0 Å². The molecule has 18 heavy (non-hydrogen) atoms. The minimum absolute atomic E-state index is 0.546. The Morgan fingerprint density at radius 3 is 2.00 bits per heavy atom. The predicted octanol–water partition coefficient (Wildman–Crippen LogP) is 5.33. The van der Waals surface area contributed by atoms with Crippen molar-refractivity contribution in [1.29, 1.82) is 0 Å². The molecule has 2 rings (SSSR count). The first-order chi connectivity index (χ1) is 8.83. The number of hydrogen-bond acceptors (Lipinski definition) is 1. The third-order valence-electron chi connectivity index (χ3n) is 5.27. The molecule has 4 unspecified atom stereocenters. The molecule has 1 heteroatoms. The highest BCUT2D eigenvalue weighted by atomic mass is 16.5. The van der Waals surface area contributed by atoms with Gasteiger partial charge in [-0.25, -0.2) is 0 Å². The molecular formula is C17H32O. The quantitative estimate of drug-likeness (QED) is 0.613. The van der Waals surface area contributed by atoms with Gasteiger partial charge in [-0.05, 0) is 31.1 Å². The third-order valence-corrected chi connectivity index (χ3v) is 5.27. The molecule has 2 aliphatic rings. The van der Waals surface area contributed by atoms with Crippen LogP contribution < -0.4 is 0 Å². The van der Waals surface area contributed by atoms with E-state index in [1.165, 1.54) is 70.6 Å². The van der Waals surface area contributed by atoms with Crippen molar-refractivity contribution in [2.45, 2.75) is 96.7 Å². The van der Waals surface area contributed by atoms with Crippen LogP contribution >= 0.6 is 0 Å². The maximum absolute atomic E-state index is 6.33. The average molecular weight is 252 g/mol. The molecule has 1 heterocycles. The van der Waals surface area contributed by atoms with Gasteiger partial charge in [0.25, 0.3) is 0 Å². The van der Waals surface area contributed by atoms with Gasteiger partial charge in [-0.3, -0.25) is 0 Å². The summed E-state index contributed by atoms with van der Waals surface area (Å²) in [6.07, 6.45) is 16.6. The maximum Gasteiger partial charge on any atom is 0.0610 e. The fourth-order valence-electron chi connectivity index (χ4n) is 4.05. The number of ether oxygens (including phenoxy) is 1. The molecule has 1 saturated heterocycles. The van der Waals surface area contributed by atoms with Crippen molar-refractivity contribution in [2.24, 2.45) is 11.8 Å². The van der Waals surface area contributed by atoms with E-state index in [1.54, 1.807) is 0 Å². The lowest BCUT2D eigenvalue weighted by molar-refractivity contribution is 0.0210. The summed E-state index contributed by atoms with van der Waals surface area (Å²) < 4.78 is 6.33. The van der Waals surface area contributed by atoms with Gasteiger partial charge in [0.15, 0.2) is 0 Å². The lowest BCUT2D eigenvalue weighted by Gasteiger charge is -2.21. The molecule has 0 aromatic carbocycles. The van der Waals surface area contributed by atoms with E-state index in [0.717, 1.165) is 11.8 Å². The molecule has 1 nitrogen and oxygen atoms in total. The van der Waals surface area contributed by atoms with Gasteiger partial charge in [-0.15, -0.1) is 0 Å². The molecule has 4 atom stereocenters. The zero-order chi connectivity index (χ0) is 12.8. The van der Waals surface area contributed by atoms with Crippen LogP contribution in [0.15, 0.2) is 0 Å². The number of hydrogen-bond donors (Lipinski definition) is 0. The standard InChI is InChI=1S/C17H32O/c1-3-16-14(2)15-12-10-8-6-4-5-7-9-11-13-17(15)18-16/h14-17H,3-13H2,1-2H3. The molecule has 0 aromatic rings. The van der Waals surface area contributed by atoms with Gasteiger partial charge in [0.2, 0.25) is 0 Å². The first-order valence-electron chi connectivity index (χ1n) is 8.48. The molecule has 0 aromatic heterocycles. The monoisotopic (exact) mass is 252 g/mol. The highest BCUT2D eigenvalue weighted by Gasteiger charge is 2.39. The average Bonchev–Trinajstić information content (AvgIpc) is 2.66. The Morgan fingerprint density at radius 1 is 0.833 bits per heavy atom. The molecule has 1 aliphatic carbocycles. The largest absolute Gasteiger partial charge is 0.374 e. The molecule has 0 spiro atoms. The first kappa shape index (κ1) is 14.4. The Labute approximate surface area is 114 Å². The lowest BCUT2D eigenvalue weighted by Crippen LogP contribution is -2.20. The lowest BCUT2D eigenvalue weighted by atomic mass is 9.82. The Hall–Kier alpha value is -0.0400. The second-order valence-corrected chi connectivity index (χ2v) is 6.55. The molecule has 0 bridgehead atoms. The molecule has 0 radical (unpaired) electrons. The van der Waals surface area contributed by atoms with E-state index >= 15 is 0 Å². The highest BCUT2D eigenvalue weighted by molar-refractivity contribution is 4.87. The van der Waals surface area contributed by atoms with Crippen LogP contribution in [0.5, 0.6) is 0 Å². The highest BCUT2D eigenvalue weighted by Crippen LogP contribution is 2.39. The fraction of sp³-hybridized carbons (Fsp3) is 1.00. The summed E-state index contributed by atoms with van der Waals surface area (Å²) in [5, 5.41) is 0. The van der Waals surface area contributed by atoms with Crippen molar-refractivity contribution >= 4 is 0 Å². The van der Waals surface area contributed by atoms with Crippen molar-refractivity contribution in [3.8, 4) is 0 Å². The van der Waals surface area contributed by atoms with E-state index in [0.29, 0.717) is 12.2 Å². The van der Waals surface area contributed by atoms with Crippen molar-refractivity contribution in [3.05, 3.63) is 0 Å². The van der Waals surface area contributed by atoms with Gasteiger partial charge in [-0.1, -0.05) is 65.2 Å². The van der Waals surface area contributed by atoms with E-state index in [4.69, 9.17) is 4.74 Å². The van der Waals surface area contributed by atoms with E-state index in [9.17, 15) is 0 Å². The first-order valence-corrected chi connectivity index (χ1v) is 8.48. The molecule has 0 N–H and O–H groups in total. The molecule has 0 amide bonds. The maximum atomic E-state index is 6.33. The molecular weight excluding hydrogens is 220 g/mol. The van der Waals surface area contributed by atoms with E-state index in [-0.39, 0.29) is 0 Å². The SMILES string of the molecule is CCC1OC2CCCCCCCCCCC2C1C. The van der Waals surface area contributed by atoms with Crippen LogP contribution in [-0.2, 0) is 4.74 Å². The minimum atomic E-state index is 0.546. The normalized spacial score (nSPS) is 39.7. The Kier molecular flexibility index (Phi) is 6.01. The van der Waals surface area contributed by atoms with Crippen LogP contribution in [0.2, 0.25) is 0 Å². The fourth-order valence-corrected chi connectivity index (χ4v) is 4.05. The number of fused-ring (bicyclic) bond motifs is 1. The van der Waals surface area contributed by atoms with Crippen molar-refractivity contribution in [1.82, 2.24) is 0 Å². The van der Waals surface area contributed by atoms with E-state index < -0.39 is 0 Å². The molecule has 106 valence electrons. The smallest absolute Gasteiger partial charge is 0.0610 e. The summed E-state index contributed by atoms with van der Waals surface area (Å²) in [7, 11) is 0. The van der Waals surface area contributed by atoms with Gasteiger partial charge in [0.1, 0.15) is 0 Å². The summed E-state index contributed by atoms with van der Waals surface area (Å²) in [5.74, 6) is 1.65. The van der Waals surface area contributed by atoms with Gasteiger partial charge in [0.05, 0.1) is 12.2 Å². The van der Waals surface area contributed by atoms with Gasteiger partial charge in [0, 0.05) is 0 Å². The van der Waals surface area contributed by atoms with E-state index in [2.05, 4.69) is 13.8 Å². The van der Waals surface area contributed by atoms with Gasteiger partial charge in [-0.2, -0.15) is 0 Å². The summed E-state index contributed by atoms with van der Waals surface area (Å²) >= 11 is 0. The zero-order valence-electron chi connectivity index (χ0n) is 12.5. The second-order valence-electron chi connectivity index (χ2n) is 6.55. The van der Waals surface area contributed by atoms with Crippen LogP contribution in [0.1, 0.15) is 84.5 Å². The summed E-state index contributed by atoms with van der Waals surface area (Å²) in [4.78, 5) is 0. The second kappa shape index (κ2) is 7.53. The predicted molar refractivity (Wildman–Crippen MR) is 77.8 cm³/mol. The molecule has 2 fully saturated rings. The van der Waals surface area contributed by atoms with Crippen LogP contribution in [0, 0.1) is 11.8 Å². The minimum Gasteiger partial charge on any atom is -0.374 e. The Bertz CT molecular complexity index is 226. The Balaban J connectivity index is 1.90. The summed E-state index contributed by atoms with van der Waals surface area (Å²) in [6.45, 7) is 4.72. The number of rotatable bonds is 1. The summed E-state index contributed by atoms with van der Waals surface area (Å²) in [5.41, 5.74) is 0. The molecule has 1 saturated carbocycles. The summed E-state index contributed by atoms with van der Waals surface area (Å²) in [6, 6.07) is 0. The molecule has 1 aliphatic heterocycles. The van der Waals surface area contributed by atoms with Gasteiger partial charge >= 0.3 is 0 Å². The Morgan fingerprint density at radius 2 is 1.39 bits per heavy atom. The van der Waals surface area contributed by atoms with Crippen LogP contribution in [-0.4, -0.2) is 12.2 Å². The van der Waals surface area contributed by atoms with Crippen LogP contribution in [0.25, 0.3) is 0 Å². The topological polar surface area (TPSA) is 9.23 Å². The van der Waals surface area contributed by atoms with Crippen LogP contribution in [0.4, 0.5) is 0 Å². The zero-order valence-corrected chi connectivity index (χ0v) is 12.5. The van der Waals surface area contributed by atoms with Crippen molar-refractivity contribution < 1.29 is 4.74 Å². The van der Waals surface area contributed by atoms with Crippen LogP contribution in [0.3, 0.4) is 0 Å².